The molecule has 418 valence electrons. The number of carbonyl (C=O) groups is 4. The highest BCUT2D eigenvalue weighted by molar-refractivity contribution is 8.13. The molecule has 76 heavy (non-hydrogen) atoms. The van der Waals surface area contributed by atoms with Crippen LogP contribution in [-0.4, -0.2) is 134 Å². The Bertz CT molecular complexity index is 2880. The quantitative estimate of drug-likeness (QED) is 0.0278. The van der Waals surface area contributed by atoms with Crippen molar-refractivity contribution in [3.8, 4) is 0 Å². The first-order valence-electron chi connectivity index (χ1n) is 23.8. The molecule has 11 N–H and O–H groups in total. The Morgan fingerprint density at radius 2 is 1.72 bits per heavy atom. The van der Waals surface area contributed by atoms with Gasteiger partial charge >= 0.3 is 23.5 Å². The van der Waals surface area contributed by atoms with Gasteiger partial charge in [0.2, 0.25) is 17.7 Å². The van der Waals surface area contributed by atoms with Crippen LogP contribution in [0.15, 0.2) is 42.3 Å². The highest BCUT2D eigenvalue weighted by Crippen LogP contribution is 2.61. The number of phosphoric acid groups is 3. The topological polar surface area (TPSA) is 406 Å². The van der Waals surface area contributed by atoms with Crippen LogP contribution < -0.4 is 21.7 Å². The molecule has 1 aliphatic heterocycles. The smallest absolute Gasteiger partial charge is 0.386 e. The van der Waals surface area contributed by atoms with E-state index in [-0.39, 0.29) is 59.7 Å². The summed E-state index contributed by atoms with van der Waals surface area (Å²) >= 11 is 2.60. The third-order valence-electron chi connectivity index (χ3n) is 12.7. The number of ether oxygens (including phenoxy) is 1. The van der Waals surface area contributed by atoms with E-state index in [1.165, 1.54) is 33.1 Å². The first kappa shape index (κ1) is 60.8. The fourth-order valence-corrected chi connectivity index (χ4v) is 12.6. The van der Waals surface area contributed by atoms with E-state index in [1.54, 1.807) is 17.4 Å². The molecule has 1 saturated heterocycles. The van der Waals surface area contributed by atoms with Crippen LogP contribution in [0.25, 0.3) is 23.3 Å². The lowest BCUT2D eigenvalue weighted by Crippen LogP contribution is -2.46. The normalized spacial score (nSPS) is 20.4. The number of nitrogens with zero attached hydrogens (tertiary/aromatic N) is 5. The molecule has 7 atom stereocenters. The minimum atomic E-state index is -5.61. The molecule has 32 heteroatoms. The number of carbonyl (C=O) groups excluding carboxylic acids is 4. The van der Waals surface area contributed by atoms with Gasteiger partial charge < -0.3 is 56.2 Å². The number of nitrogen functional groups attached to an aromatic ring is 1. The number of aliphatic hydroxyl groups is 2. The molecule has 2 aliphatic rings. The Morgan fingerprint density at radius 1 is 1.00 bits per heavy atom. The van der Waals surface area contributed by atoms with E-state index in [1.807, 2.05) is 44.2 Å². The number of benzene rings is 1. The second kappa shape index (κ2) is 26.1. The minimum absolute atomic E-state index is 0.0212. The SMILES string of the molecule is CCC(CC)(CC(=O)Nc1cccc(/C=C/c2nc(C3CCC3)cs2)c1)C(=O)SCCNC(=O)CCNC(=O)C(O)C(C)(C)COP(=O)(O)OP(=O)(O)OCC1OC(n2cnc3c(N)ncnc32)C(O)C1OP(=O)(O)O. The molecule has 0 spiro atoms. The Labute approximate surface area is 444 Å². The van der Waals surface area contributed by atoms with Crippen molar-refractivity contribution in [2.75, 3.05) is 43.1 Å². The number of rotatable bonds is 28. The second-order valence-corrected chi connectivity index (χ2v) is 24.8. The number of aromatic nitrogens is 5. The van der Waals surface area contributed by atoms with Crippen LogP contribution >= 0.6 is 46.6 Å². The van der Waals surface area contributed by atoms with Gasteiger partial charge in [-0.3, -0.25) is 37.3 Å². The van der Waals surface area contributed by atoms with Crippen LogP contribution in [0.5, 0.6) is 0 Å². The van der Waals surface area contributed by atoms with Gasteiger partial charge in [-0.15, -0.1) is 11.3 Å². The van der Waals surface area contributed by atoms with Gasteiger partial charge in [-0.25, -0.2) is 33.6 Å². The minimum Gasteiger partial charge on any atom is -0.386 e. The van der Waals surface area contributed by atoms with Gasteiger partial charge in [-0.1, -0.05) is 64.1 Å². The van der Waals surface area contributed by atoms with Crippen LogP contribution in [0.3, 0.4) is 0 Å². The van der Waals surface area contributed by atoms with Crippen LogP contribution in [0.2, 0.25) is 0 Å². The van der Waals surface area contributed by atoms with E-state index in [0.29, 0.717) is 24.4 Å². The molecule has 1 saturated carbocycles. The van der Waals surface area contributed by atoms with Crippen molar-refractivity contribution >= 4 is 104 Å². The van der Waals surface area contributed by atoms with Crippen molar-refractivity contribution in [2.24, 2.45) is 10.8 Å². The highest BCUT2D eigenvalue weighted by atomic mass is 32.2. The Hall–Kier alpha value is -4.38. The van der Waals surface area contributed by atoms with Crippen molar-refractivity contribution in [1.82, 2.24) is 35.1 Å². The number of hydrogen-bond acceptors (Lipinski definition) is 21. The lowest BCUT2D eigenvalue weighted by atomic mass is 9.80. The summed E-state index contributed by atoms with van der Waals surface area (Å²) < 4.78 is 62.7. The summed E-state index contributed by atoms with van der Waals surface area (Å²) in [6.45, 7) is 3.94. The molecule has 0 bridgehead atoms. The molecule has 3 amide bonds. The van der Waals surface area contributed by atoms with E-state index in [0.717, 1.165) is 45.2 Å². The number of aliphatic hydroxyl groups excluding tert-OH is 2. The van der Waals surface area contributed by atoms with Gasteiger partial charge in [0, 0.05) is 59.5 Å². The van der Waals surface area contributed by atoms with Gasteiger partial charge in [0.1, 0.15) is 41.3 Å². The predicted molar refractivity (Wildman–Crippen MR) is 277 cm³/mol. The van der Waals surface area contributed by atoms with Gasteiger partial charge in [0.25, 0.3) is 0 Å². The zero-order valence-corrected chi connectivity index (χ0v) is 46.0. The average molecular weight is 1160 g/mol. The molecular formula is C44H62N9O18P3S2. The van der Waals surface area contributed by atoms with Crippen LogP contribution in [-0.2, 0) is 55.5 Å². The number of anilines is 2. The molecule has 4 heterocycles. The van der Waals surface area contributed by atoms with E-state index in [9.17, 15) is 62.7 Å². The van der Waals surface area contributed by atoms with Gasteiger partial charge in [-0.05, 0) is 49.5 Å². The summed E-state index contributed by atoms with van der Waals surface area (Å²) in [5.74, 6) is -1.11. The van der Waals surface area contributed by atoms with Gasteiger partial charge in [-0.2, -0.15) is 4.31 Å². The number of nitrogens with two attached hydrogens (primary N) is 1. The van der Waals surface area contributed by atoms with Crippen LogP contribution in [0.4, 0.5) is 11.5 Å². The number of imidazole rings is 1. The number of thioether (sulfide) groups is 1. The average Bonchev–Trinajstić information content (AvgIpc) is 4.06. The third-order valence-corrected chi connectivity index (χ3v) is 17.7. The summed E-state index contributed by atoms with van der Waals surface area (Å²) in [7, 11) is -16.5. The maximum Gasteiger partial charge on any atom is 0.481 e. The Morgan fingerprint density at radius 3 is 2.41 bits per heavy atom. The number of fused-ring (bicyclic) bond motifs is 1. The molecule has 27 nitrogen and oxygen atoms in total. The van der Waals surface area contributed by atoms with Crippen LogP contribution in [0, 0.1) is 10.8 Å². The maximum atomic E-state index is 13.5. The van der Waals surface area contributed by atoms with E-state index >= 15 is 0 Å². The van der Waals surface area contributed by atoms with Gasteiger partial charge in [0.15, 0.2) is 22.8 Å². The fraction of sp³-hybridized carbons (Fsp3) is 0.545. The summed E-state index contributed by atoms with van der Waals surface area (Å²) in [6, 6.07) is 7.39. The fourth-order valence-electron chi connectivity index (χ4n) is 7.96. The lowest BCUT2D eigenvalue weighted by molar-refractivity contribution is -0.137. The van der Waals surface area contributed by atoms with Crippen molar-refractivity contribution in [1.29, 1.82) is 0 Å². The maximum absolute atomic E-state index is 13.5. The number of thiazole rings is 1. The monoisotopic (exact) mass is 1160 g/mol. The van der Waals surface area contributed by atoms with Crippen molar-refractivity contribution in [2.45, 2.75) is 109 Å². The molecule has 3 aromatic heterocycles. The first-order valence-corrected chi connectivity index (χ1v) is 30.2. The van der Waals surface area contributed by atoms with Crippen molar-refractivity contribution in [3.63, 3.8) is 0 Å². The molecule has 4 aromatic rings. The molecule has 7 unspecified atom stereocenters. The van der Waals surface area contributed by atoms with Gasteiger partial charge in [0.05, 0.1) is 25.2 Å². The Balaban J connectivity index is 0.888. The molecule has 0 radical (unpaired) electrons. The largest absolute Gasteiger partial charge is 0.481 e. The molecule has 6 rings (SSSR count). The summed E-state index contributed by atoms with van der Waals surface area (Å²) in [6.07, 6.45) is 1.16. The van der Waals surface area contributed by atoms with E-state index in [4.69, 9.17) is 24.5 Å². The van der Waals surface area contributed by atoms with E-state index in [2.05, 4.69) is 45.1 Å². The predicted octanol–water partition coefficient (Wildman–Crippen LogP) is 4.39. The summed E-state index contributed by atoms with van der Waals surface area (Å²) in [5.41, 5.74) is 5.89. The molecule has 1 aromatic carbocycles. The van der Waals surface area contributed by atoms with Crippen molar-refractivity contribution < 1.29 is 85.3 Å². The number of nitrogens with one attached hydrogen (secondary N) is 3. The van der Waals surface area contributed by atoms with E-state index < -0.39 is 90.0 Å². The lowest BCUT2D eigenvalue weighted by Gasteiger charge is -2.30. The number of amides is 3. The summed E-state index contributed by atoms with van der Waals surface area (Å²) in [4.78, 5) is 108. The second-order valence-electron chi connectivity index (χ2n) is 18.6. The van der Waals surface area contributed by atoms with Crippen LogP contribution in [0.1, 0.15) is 101 Å². The Kier molecular flexibility index (Phi) is 20.9. The standard InChI is InChI=1S/C44H62N9O18P3S2/c1-5-44(6-2,20-32(55)51-28-12-7-9-26(19-28)13-14-33-52-29(22-76-33)27-10-8-11-27)42(59)75-18-17-46-31(54)15-16-47-40(58)37(57)43(3,4)23-68-74(65,66)71-73(63,64)67-21-30-36(70-72(60,61)62)35(56)41(69-30)53-25-50-34-38(45)48-24-49-39(34)53/h7,9,12-14,19,22,24-25,27,30,35-37,41,56-57H,5-6,8,10-11,15-18,20-21,23H2,1-4H3,(H,46,54)(H,47,58)(H,51,55)(H,63,64)(H,65,66)(H2,45,48,49)(H2,60,61,62)/b14-13+. The molecule has 1 aliphatic carbocycles. The zero-order chi connectivity index (χ0) is 55.6. The highest BCUT2D eigenvalue weighted by Gasteiger charge is 2.50. The molecule has 2 fully saturated rings. The molecular weight excluding hydrogens is 1100 g/mol. The number of hydrogen-bond donors (Lipinski definition) is 10. The third kappa shape index (κ3) is 16.6. The number of phosphoric ester groups is 3. The summed E-state index contributed by atoms with van der Waals surface area (Å²) in [5, 5.41) is 32.5. The van der Waals surface area contributed by atoms with Crippen molar-refractivity contribution in [3.05, 3.63) is 58.6 Å². The zero-order valence-electron chi connectivity index (χ0n) is 41.7. The first-order chi connectivity index (χ1) is 35.7.